The normalized spacial score (nSPS) is 10.7. The minimum atomic E-state index is -0.332. The molecule has 5 nitrogen and oxygen atoms in total. The maximum absolute atomic E-state index is 12.0. The van der Waals surface area contributed by atoms with Crippen molar-refractivity contribution in [3.05, 3.63) is 77.0 Å². The highest BCUT2D eigenvalue weighted by atomic mass is 35.5. The summed E-state index contributed by atoms with van der Waals surface area (Å²) in [7, 11) is 0. The van der Waals surface area contributed by atoms with E-state index in [1.54, 1.807) is 0 Å². The Labute approximate surface area is 186 Å². The van der Waals surface area contributed by atoms with Crippen LogP contribution in [0.2, 0.25) is 5.02 Å². The second kappa shape index (κ2) is 10.3. The minimum Gasteiger partial charge on any atom is -0.484 e. The van der Waals surface area contributed by atoms with Crippen molar-refractivity contribution in [3.63, 3.8) is 0 Å². The van der Waals surface area contributed by atoms with Crippen LogP contribution < -0.4 is 15.4 Å². The zero-order valence-corrected chi connectivity index (χ0v) is 18.3. The van der Waals surface area contributed by atoms with Crippen molar-refractivity contribution < 1.29 is 13.9 Å². The van der Waals surface area contributed by atoms with Gasteiger partial charge in [-0.25, -0.2) is 0 Å². The molecule has 0 saturated heterocycles. The average molecular weight is 443 g/mol. The van der Waals surface area contributed by atoms with Crippen molar-refractivity contribution in [2.24, 2.45) is 0 Å². The lowest BCUT2D eigenvalue weighted by Gasteiger charge is -2.10. The van der Waals surface area contributed by atoms with Gasteiger partial charge >= 0.3 is 0 Å². The molecular weight excluding hydrogens is 420 g/mol. The van der Waals surface area contributed by atoms with Crippen LogP contribution in [-0.2, 0) is 11.3 Å². The van der Waals surface area contributed by atoms with Gasteiger partial charge in [-0.2, -0.15) is 0 Å². The number of rotatable bonds is 7. The average Bonchev–Trinajstić information content (AvgIpc) is 3.20. The maximum atomic E-state index is 12.0. The van der Waals surface area contributed by atoms with E-state index >= 15 is 0 Å². The summed E-state index contributed by atoms with van der Waals surface area (Å²) in [5.74, 6) is 2.18. The molecule has 0 saturated carbocycles. The molecular formula is C23H23ClN2O3S. The SMILES string of the molecule is CC(C)c1ccc(OCC(=O)NC(=S)NCc2ccc(-c3ccc(Cl)cc3)o2)cc1. The van der Waals surface area contributed by atoms with Gasteiger partial charge in [0.15, 0.2) is 11.7 Å². The molecule has 2 aromatic carbocycles. The highest BCUT2D eigenvalue weighted by Crippen LogP contribution is 2.23. The van der Waals surface area contributed by atoms with Gasteiger partial charge in [0.2, 0.25) is 0 Å². The molecule has 0 aliphatic heterocycles. The van der Waals surface area contributed by atoms with Gasteiger partial charge in [0.25, 0.3) is 5.91 Å². The highest BCUT2D eigenvalue weighted by Gasteiger charge is 2.09. The van der Waals surface area contributed by atoms with E-state index in [2.05, 4.69) is 24.5 Å². The van der Waals surface area contributed by atoms with Crippen LogP contribution in [0.15, 0.2) is 65.1 Å². The highest BCUT2D eigenvalue weighted by molar-refractivity contribution is 7.80. The van der Waals surface area contributed by atoms with Gasteiger partial charge in [-0.15, -0.1) is 0 Å². The quantitative estimate of drug-likeness (QED) is 0.486. The predicted octanol–water partition coefficient (Wildman–Crippen LogP) is 5.29. The zero-order chi connectivity index (χ0) is 21.5. The molecule has 0 spiro atoms. The summed E-state index contributed by atoms with van der Waals surface area (Å²) < 4.78 is 11.3. The van der Waals surface area contributed by atoms with E-state index < -0.39 is 0 Å². The fourth-order valence-corrected chi connectivity index (χ4v) is 3.03. The van der Waals surface area contributed by atoms with Crippen LogP contribution in [0, 0.1) is 0 Å². The Bertz CT molecular complexity index is 998. The molecule has 7 heteroatoms. The number of hydrogen-bond acceptors (Lipinski definition) is 4. The fourth-order valence-electron chi connectivity index (χ4n) is 2.71. The molecule has 156 valence electrons. The first-order valence-electron chi connectivity index (χ1n) is 9.56. The number of benzene rings is 2. The van der Waals surface area contributed by atoms with Gasteiger partial charge in [0.05, 0.1) is 6.54 Å². The summed E-state index contributed by atoms with van der Waals surface area (Å²) >= 11 is 11.1. The maximum Gasteiger partial charge on any atom is 0.264 e. The molecule has 1 aromatic heterocycles. The number of halogens is 1. The Hall–Kier alpha value is -2.83. The Balaban J connectivity index is 1.42. The number of carbonyl (C=O) groups excluding carboxylic acids is 1. The van der Waals surface area contributed by atoms with Gasteiger partial charge in [-0.1, -0.05) is 37.6 Å². The number of hydrogen-bond donors (Lipinski definition) is 2. The van der Waals surface area contributed by atoms with Gasteiger partial charge in [0.1, 0.15) is 17.3 Å². The molecule has 30 heavy (non-hydrogen) atoms. The van der Waals surface area contributed by atoms with Crippen molar-refractivity contribution in [3.8, 4) is 17.1 Å². The Morgan fingerprint density at radius 3 is 2.43 bits per heavy atom. The Morgan fingerprint density at radius 2 is 1.77 bits per heavy atom. The van der Waals surface area contributed by atoms with Crippen LogP contribution in [0.4, 0.5) is 0 Å². The summed E-state index contributed by atoms with van der Waals surface area (Å²) in [5.41, 5.74) is 2.15. The van der Waals surface area contributed by atoms with Gasteiger partial charge in [-0.05, 0) is 72.2 Å². The summed E-state index contributed by atoms with van der Waals surface area (Å²) in [4.78, 5) is 12.0. The topological polar surface area (TPSA) is 63.5 Å². The molecule has 0 unspecified atom stereocenters. The molecule has 1 amide bonds. The molecule has 0 fully saturated rings. The van der Waals surface area contributed by atoms with Gasteiger partial charge in [-0.3, -0.25) is 4.79 Å². The zero-order valence-electron chi connectivity index (χ0n) is 16.8. The molecule has 3 aromatic rings. The lowest BCUT2D eigenvalue weighted by molar-refractivity contribution is -0.121. The molecule has 0 aliphatic rings. The molecule has 0 atom stereocenters. The minimum absolute atomic E-state index is 0.121. The molecule has 0 radical (unpaired) electrons. The Morgan fingerprint density at radius 1 is 1.07 bits per heavy atom. The van der Waals surface area contributed by atoms with E-state index in [1.807, 2.05) is 60.7 Å². The van der Waals surface area contributed by atoms with Crippen LogP contribution in [0.5, 0.6) is 5.75 Å². The number of carbonyl (C=O) groups is 1. The van der Waals surface area contributed by atoms with Gasteiger partial charge in [0, 0.05) is 10.6 Å². The summed E-state index contributed by atoms with van der Waals surface area (Å²) in [6.45, 7) is 4.48. The summed E-state index contributed by atoms with van der Waals surface area (Å²) in [5, 5.41) is 6.43. The predicted molar refractivity (Wildman–Crippen MR) is 123 cm³/mol. The second-order valence-corrected chi connectivity index (χ2v) is 7.86. The smallest absolute Gasteiger partial charge is 0.264 e. The van der Waals surface area contributed by atoms with Crippen LogP contribution in [0.1, 0.15) is 31.1 Å². The third-order valence-corrected chi connectivity index (χ3v) is 4.88. The number of furan rings is 1. The van der Waals surface area contributed by atoms with E-state index in [1.165, 1.54) is 5.56 Å². The monoisotopic (exact) mass is 442 g/mol. The number of amides is 1. The number of thiocarbonyl (C=S) groups is 1. The van der Waals surface area contributed by atoms with E-state index in [0.717, 1.165) is 11.3 Å². The van der Waals surface area contributed by atoms with E-state index in [0.29, 0.717) is 29.0 Å². The fraction of sp³-hybridized carbons (Fsp3) is 0.217. The van der Waals surface area contributed by atoms with Crippen LogP contribution >= 0.6 is 23.8 Å². The number of nitrogens with one attached hydrogen (secondary N) is 2. The number of ether oxygens (including phenoxy) is 1. The van der Waals surface area contributed by atoms with E-state index in [9.17, 15) is 4.79 Å². The largest absolute Gasteiger partial charge is 0.484 e. The third kappa shape index (κ3) is 6.34. The van der Waals surface area contributed by atoms with E-state index in [-0.39, 0.29) is 17.6 Å². The molecule has 1 heterocycles. The van der Waals surface area contributed by atoms with E-state index in [4.69, 9.17) is 33.0 Å². The lowest BCUT2D eigenvalue weighted by Crippen LogP contribution is -2.41. The lowest BCUT2D eigenvalue weighted by atomic mass is 10.0. The third-order valence-electron chi connectivity index (χ3n) is 4.38. The molecule has 2 N–H and O–H groups in total. The van der Waals surface area contributed by atoms with Crippen molar-refractivity contribution in [2.45, 2.75) is 26.3 Å². The van der Waals surface area contributed by atoms with Gasteiger partial charge < -0.3 is 19.8 Å². The molecule has 0 aliphatic carbocycles. The van der Waals surface area contributed by atoms with Crippen LogP contribution in [-0.4, -0.2) is 17.6 Å². The van der Waals surface area contributed by atoms with Crippen molar-refractivity contribution in [1.29, 1.82) is 0 Å². The Kier molecular flexibility index (Phi) is 7.49. The van der Waals surface area contributed by atoms with Crippen molar-refractivity contribution in [2.75, 3.05) is 6.61 Å². The van der Waals surface area contributed by atoms with Crippen LogP contribution in [0.3, 0.4) is 0 Å². The summed E-state index contributed by atoms with van der Waals surface area (Å²) in [6.07, 6.45) is 0. The summed E-state index contributed by atoms with van der Waals surface area (Å²) in [6, 6.07) is 18.8. The first-order chi connectivity index (χ1) is 14.4. The molecule has 0 bridgehead atoms. The standard InChI is InChI=1S/C23H23ClN2O3S/c1-15(2)16-5-9-19(10-6-16)28-14-22(27)26-23(30)25-13-20-11-12-21(29-20)17-3-7-18(24)8-4-17/h3-12,15H,13-14H2,1-2H3,(H2,25,26,27,30). The van der Waals surface area contributed by atoms with Crippen molar-refractivity contribution >= 4 is 34.8 Å². The second-order valence-electron chi connectivity index (χ2n) is 7.02. The first-order valence-corrected chi connectivity index (χ1v) is 10.3. The van der Waals surface area contributed by atoms with Crippen LogP contribution in [0.25, 0.3) is 11.3 Å². The molecule has 3 rings (SSSR count). The van der Waals surface area contributed by atoms with Crippen molar-refractivity contribution in [1.82, 2.24) is 10.6 Å². The first kappa shape index (κ1) is 21.9.